The molecule has 0 atom stereocenters. The van der Waals surface area contributed by atoms with Crippen LogP contribution in [0.15, 0.2) is 52.7 Å². The molecule has 0 spiro atoms. The van der Waals surface area contributed by atoms with Gasteiger partial charge < -0.3 is 4.90 Å². The van der Waals surface area contributed by atoms with Crippen LogP contribution in [0.4, 0.5) is 22.7 Å². The normalized spacial score (nSPS) is 10.9. The highest BCUT2D eigenvalue weighted by Gasteiger charge is 2.02. The van der Waals surface area contributed by atoms with Crippen molar-refractivity contribution in [2.45, 2.75) is 13.8 Å². The number of hydrogen-bond acceptors (Lipinski definition) is 6. The van der Waals surface area contributed by atoms with Crippen LogP contribution in [0.25, 0.3) is 0 Å². The summed E-state index contributed by atoms with van der Waals surface area (Å²) in [6.45, 7) is 5.09. The minimum Gasteiger partial charge on any atom is -0.375 e. The second kappa shape index (κ2) is 7.53. The molecule has 0 amide bonds. The zero-order valence-corrected chi connectivity index (χ0v) is 12.9. The molecule has 2 N–H and O–H groups in total. The van der Waals surface area contributed by atoms with E-state index in [1.807, 2.05) is 19.1 Å². The van der Waals surface area contributed by atoms with E-state index in [1.165, 1.54) is 5.69 Å². The number of nitrogens with zero attached hydrogens (tertiary/aromatic N) is 3. The lowest BCUT2D eigenvalue weighted by atomic mass is 10.1. The van der Waals surface area contributed by atoms with Crippen LogP contribution in [0.3, 0.4) is 0 Å². The summed E-state index contributed by atoms with van der Waals surface area (Å²) in [5, 5.41) is 16.8. The van der Waals surface area contributed by atoms with Gasteiger partial charge in [0.25, 0.3) is 0 Å². The molecule has 116 valence electrons. The molecule has 0 aliphatic heterocycles. The molecule has 0 fully saturated rings. The van der Waals surface area contributed by atoms with E-state index in [0.717, 1.165) is 23.5 Å². The van der Waals surface area contributed by atoms with Crippen LogP contribution in [-0.4, -0.2) is 18.8 Å². The molecule has 6 nitrogen and oxygen atoms in total. The predicted octanol–water partition coefficient (Wildman–Crippen LogP) is 4.68. The summed E-state index contributed by atoms with van der Waals surface area (Å²) in [7, 11) is 2.06. The highest BCUT2D eigenvalue weighted by atomic mass is 17.2. The van der Waals surface area contributed by atoms with Crippen molar-refractivity contribution in [1.29, 1.82) is 0 Å². The lowest BCUT2D eigenvalue weighted by molar-refractivity contribution is -0.215. The van der Waals surface area contributed by atoms with Crippen LogP contribution < -0.4 is 10.4 Å². The van der Waals surface area contributed by atoms with Gasteiger partial charge in [-0.3, -0.25) is 0 Å². The van der Waals surface area contributed by atoms with Crippen molar-refractivity contribution in [3.63, 3.8) is 0 Å². The number of aryl methyl sites for hydroxylation is 1. The van der Waals surface area contributed by atoms with E-state index >= 15 is 0 Å². The molecule has 0 unspecified atom stereocenters. The average molecular weight is 300 g/mol. The fourth-order valence-electron chi connectivity index (χ4n) is 1.93. The first-order valence-electron chi connectivity index (χ1n) is 7.04. The Morgan fingerprint density at radius 1 is 1.14 bits per heavy atom. The van der Waals surface area contributed by atoms with Crippen molar-refractivity contribution >= 4 is 22.7 Å². The van der Waals surface area contributed by atoms with Gasteiger partial charge in [0, 0.05) is 19.3 Å². The molecule has 0 radical (unpaired) electrons. The summed E-state index contributed by atoms with van der Waals surface area (Å²) < 4.78 is 0. The summed E-state index contributed by atoms with van der Waals surface area (Å²) in [4.78, 5) is 6.01. The quantitative estimate of drug-likeness (QED) is 0.461. The number of benzene rings is 2. The third kappa shape index (κ3) is 4.03. The smallest absolute Gasteiger partial charge is 0.0887 e. The van der Waals surface area contributed by atoms with Gasteiger partial charge in [0.1, 0.15) is 0 Å². The Labute approximate surface area is 129 Å². The Bertz CT molecular complexity index is 641. The summed E-state index contributed by atoms with van der Waals surface area (Å²) in [5.74, 6) is 0. The monoisotopic (exact) mass is 300 g/mol. The molecule has 0 heterocycles. The molecule has 0 aromatic heterocycles. The van der Waals surface area contributed by atoms with Crippen molar-refractivity contribution in [2.24, 2.45) is 10.2 Å². The van der Waals surface area contributed by atoms with Crippen molar-refractivity contribution < 1.29 is 10.2 Å². The lowest BCUT2D eigenvalue weighted by Crippen LogP contribution is -2.15. The van der Waals surface area contributed by atoms with Crippen LogP contribution in [0.5, 0.6) is 0 Å². The lowest BCUT2D eigenvalue weighted by Gasteiger charge is -2.17. The zero-order chi connectivity index (χ0) is 15.9. The van der Waals surface area contributed by atoms with Gasteiger partial charge in [0.05, 0.1) is 17.1 Å². The summed E-state index contributed by atoms with van der Waals surface area (Å²) >= 11 is 0. The van der Waals surface area contributed by atoms with Gasteiger partial charge in [0.15, 0.2) is 0 Å². The first-order chi connectivity index (χ1) is 10.6. The van der Waals surface area contributed by atoms with Gasteiger partial charge >= 0.3 is 0 Å². The zero-order valence-electron chi connectivity index (χ0n) is 12.9. The van der Waals surface area contributed by atoms with Crippen LogP contribution in [0.1, 0.15) is 12.5 Å². The van der Waals surface area contributed by atoms with Crippen LogP contribution in [0.2, 0.25) is 0 Å². The van der Waals surface area contributed by atoms with Crippen molar-refractivity contribution in [1.82, 2.24) is 0 Å². The molecule has 0 saturated heterocycles. The van der Waals surface area contributed by atoms with Crippen LogP contribution >= 0.6 is 0 Å². The summed E-state index contributed by atoms with van der Waals surface area (Å²) in [6, 6.07) is 13.1. The minimum atomic E-state index is 0.629. The molecular weight excluding hydrogens is 280 g/mol. The molecule has 0 aliphatic carbocycles. The Morgan fingerprint density at radius 3 is 2.45 bits per heavy atom. The third-order valence-electron chi connectivity index (χ3n) is 3.40. The standard InChI is InChI=1S/C16H20N4O2/c1-4-20(3)15-9-10-16(12(2)11-15)18-17-13-5-7-14(8-6-13)19-22-21/h5-11,19,21H,4H2,1-3H3. The molecule has 0 saturated carbocycles. The average Bonchev–Trinajstić information content (AvgIpc) is 2.54. The Kier molecular flexibility index (Phi) is 5.46. The van der Waals surface area contributed by atoms with Gasteiger partial charge in [0.2, 0.25) is 0 Å². The summed E-state index contributed by atoms with van der Waals surface area (Å²) in [6.07, 6.45) is 0. The molecule has 2 aromatic carbocycles. The van der Waals surface area contributed by atoms with Crippen molar-refractivity contribution in [3.05, 3.63) is 48.0 Å². The topological polar surface area (TPSA) is 69.5 Å². The molecular formula is C16H20N4O2. The number of rotatable bonds is 6. The molecule has 0 aliphatic rings. The number of anilines is 2. The molecule has 2 rings (SSSR count). The van der Waals surface area contributed by atoms with E-state index in [0.29, 0.717) is 5.69 Å². The fraction of sp³-hybridized carbons (Fsp3) is 0.250. The number of hydrogen-bond donors (Lipinski definition) is 2. The summed E-state index contributed by atoms with van der Waals surface area (Å²) in [5.41, 5.74) is 6.75. The Balaban J connectivity index is 2.12. The van der Waals surface area contributed by atoms with Crippen LogP contribution in [0, 0.1) is 6.92 Å². The van der Waals surface area contributed by atoms with E-state index in [-0.39, 0.29) is 0 Å². The second-order valence-electron chi connectivity index (χ2n) is 4.93. The first-order valence-corrected chi connectivity index (χ1v) is 7.04. The fourth-order valence-corrected chi connectivity index (χ4v) is 1.93. The second-order valence-corrected chi connectivity index (χ2v) is 4.93. The van der Waals surface area contributed by atoms with E-state index in [1.54, 1.807) is 24.3 Å². The van der Waals surface area contributed by atoms with Crippen molar-refractivity contribution in [2.75, 3.05) is 24.0 Å². The van der Waals surface area contributed by atoms with Gasteiger partial charge in [-0.2, -0.15) is 10.2 Å². The predicted molar refractivity (Wildman–Crippen MR) is 88.1 cm³/mol. The number of nitrogens with one attached hydrogen (secondary N) is 1. The van der Waals surface area contributed by atoms with E-state index in [9.17, 15) is 0 Å². The maximum atomic E-state index is 8.29. The van der Waals surface area contributed by atoms with Gasteiger partial charge in [-0.1, -0.05) is 0 Å². The maximum Gasteiger partial charge on any atom is 0.0887 e. The minimum absolute atomic E-state index is 0.629. The van der Waals surface area contributed by atoms with Crippen LogP contribution in [-0.2, 0) is 4.99 Å². The maximum absolute atomic E-state index is 8.29. The molecule has 6 heteroatoms. The van der Waals surface area contributed by atoms with E-state index in [2.05, 4.69) is 45.6 Å². The largest absolute Gasteiger partial charge is 0.375 e. The van der Waals surface area contributed by atoms with Gasteiger partial charge in [-0.05, 0) is 61.9 Å². The molecule has 2 aromatic rings. The third-order valence-corrected chi connectivity index (χ3v) is 3.40. The Hall–Kier alpha value is -2.44. The molecule has 22 heavy (non-hydrogen) atoms. The highest BCUT2D eigenvalue weighted by molar-refractivity contribution is 5.57. The SMILES string of the molecule is CCN(C)c1ccc(N=Nc2ccc(NOO)cc2)c(C)c1. The van der Waals surface area contributed by atoms with Crippen molar-refractivity contribution in [3.8, 4) is 0 Å². The van der Waals surface area contributed by atoms with E-state index in [4.69, 9.17) is 5.26 Å². The number of azo groups is 1. The highest BCUT2D eigenvalue weighted by Crippen LogP contribution is 2.26. The molecule has 0 bridgehead atoms. The van der Waals surface area contributed by atoms with Gasteiger partial charge in [-0.25, -0.2) is 10.7 Å². The van der Waals surface area contributed by atoms with Gasteiger partial charge in [-0.15, -0.1) is 4.99 Å². The van der Waals surface area contributed by atoms with E-state index < -0.39 is 0 Å². The first kappa shape index (κ1) is 15.9. The Morgan fingerprint density at radius 2 is 1.86 bits per heavy atom.